The van der Waals surface area contributed by atoms with Gasteiger partial charge in [-0.15, -0.1) is 0 Å². The number of amides is 1. The van der Waals surface area contributed by atoms with Gasteiger partial charge in [0, 0.05) is 0 Å². The minimum atomic E-state index is -0.561. The van der Waals surface area contributed by atoms with E-state index in [1.54, 1.807) is 0 Å². The quantitative estimate of drug-likeness (QED) is 0.858. The maximum absolute atomic E-state index is 12.8. The molecule has 1 atom stereocenters. The molecule has 1 N–H and O–H groups in total. The zero-order valence-electron chi connectivity index (χ0n) is 15.2. The Hall–Kier alpha value is -2.54. The van der Waals surface area contributed by atoms with Crippen LogP contribution in [0, 0.1) is 13.8 Å². The van der Waals surface area contributed by atoms with Gasteiger partial charge in [-0.25, -0.2) is 0 Å². The fourth-order valence-electron chi connectivity index (χ4n) is 3.57. The highest BCUT2D eigenvalue weighted by Gasteiger charge is 2.34. The van der Waals surface area contributed by atoms with Gasteiger partial charge in [-0.2, -0.15) is 0 Å². The number of aryl methyl sites for hydroxylation is 2. The Kier molecular flexibility index (Phi) is 4.55. The molecular weight excluding hydrogens is 334 g/mol. The molecule has 2 aliphatic rings. The van der Waals surface area contributed by atoms with E-state index in [1.165, 1.54) is 10.5 Å². The van der Waals surface area contributed by atoms with Crippen LogP contribution >= 0.6 is 0 Å². The number of benzene rings is 1. The molecule has 26 heavy (non-hydrogen) atoms. The van der Waals surface area contributed by atoms with Crippen molar-refractivity contribution in [2.75, 3.05) is 32.8 Å². The number of aromatic nitrogens is 1. The summed E-state index contributed by atoms with van der Waals surface area (Å²) in [7, 11) is 0. The van der Waals surface area contributed by atoms with Crippen molar-refractivity contribution in [2.45, 2.75) is 26.5 Å². The molecule has 1 aromatic heterocycles. The Morgan fingerprint density at radius 2 is 1.96 bits per heavy atom. The second kappa shape index (κ2) is 6.99. The Morgan fingerprint density at radius 1 is 1.23 bits per heavy atom. The van der Waals surface area contributed by atoms with Crippen molar-refractivity contribution in [3.05, 3.63) is 41.3 Å². The third-order valence-electron chi connectivity index (χ3n) is 5.17. The average Bonchev–Trinajstić information content (AvgIpc) is 2.99. The van der Waals surface area contributed by atoms with Crippen LogP contribution in [-0.2, 0) is 11.3 Å². The highest BCUT2D eigenvalue weighted by Crippen LogP contribution is 2.31. The summed E-state index contributed by atoms with van der Waals surface area (Å²) in [6.07, 6.45) is -0.561. The first-order chi connectivity index (χ1) is 12.6. The van der Waals surface area contributed by atoms with Gasteiger partial charge >= 0.3 is 0 Å². The van der Waals surface area contributed by atoms with Crippen LogP contribution in [0.4, 0.5) is 0 Å². The highest BCUT2D eigenvalue weighted by atomic mass is 16.6. The van der Waals surface area contributed by atoms with Gasteiger partial charge in [-0.1, -0.05) is 17.3 Å². The van der Waals surface area contributed by atoms with Crippen LogP contribution in [-0.4, -0.2) is 54.9 Å². The molecule has 1 aromatic carbocycles. The first-order valence-corrected chi connectivity index (χ1v) is 9.04. The summed E-state index contributed by atoms with van der Waals surface area (Å²) in [5.41, 5.74) is 2.14. The van der Waals surface area contributed by atoms with Gasteiger partial charge in [0.25, 0.3) is 5.91 Å². The van der Waals surface area contributed by atoms with Crippen LogP contribution in [0.5, 0.6) is 11.5 Å². The Balaban J connectivity index is 1.33. The van der Waals surface area contributed by atoms with Crippen molar-refractivity contribution in [3.63, 3.8) is 0 Å². The largest absolute Gasteiger partial charge is 0.485 e. The number of hydrogen-bond acceptors (Lipinski definition) is 5. The van der Waals surface area contributed by atoms with E-state index in [2.05, 4.69) is 5.16 Å². The van der Waals surface area contributed by atoms with Crippen LogP contribution < -0.4 is 14.4 Å². The van der Waals surface area contributed by atoms with Crippen LogP contribution in [0.15, 0.2) is 28.8 Å². The first-order valence-electron chi connectivity index (χ1n) is 9.04. The minimum Gasteiger partial charge on any atom is -0.485 e. The second-order valence-electron chi connectivity index (χ2n) is 6.92. The normalized spacial score (nSPS) is 20.2. The molecule has 0 radical (unpaired) electrons. The van der Waals surface area contributed by atoms with E-state index in [9.17, 15) is 4.79 Å². The SMILES string of the molecule is Cc1noc(C)c1C[NH+]1CCN(C(=O)[C@H]2COc3ccccc3O2)CC1. The smallest absolute Gasteiger partial charge is 0.267 e. The molecule has 0 bridgehead atoms. The van der Waals surface area contributed by atoms with Crippen LogP contribution in [0.3, 0.4) is 0 Å². The van der Waals surface area contributed by atoms with E-state index >= 15 is 0 Å². The molecule has 1 fully saturated rings. The van der Waals surface area contributed by atoms with Crippen molar-refractivity contribution in [1.82, 2.24) is 10.1 Å². The molecule has 2 aromatic rings. The number of rotatable bonds is 3. The maximum Gasteiger partial charge on any atom is 0.267 e. The van der Waals surface area contributed by atoms with Crippen LogP contribution in [0.25, 0.3) is 0 Å². The number of hydrogen-bond donors (Lipinski definition) is 1. The molecular formula is C19H24N3O4+. The van der Waals surface area contributed by atoms with Gasteiger partial charge in [-0.3, -0.25) is 4.79 Å². The fourth-order valence-corrected chi connectivity index (χ4v) is 3.57. The molecule has 0 saturated carbocycles. The topological polar surface area (TPSA) is 69.2 Å². The number of para-hydroxylation sites is 2. The second-order valence-corrected chi connectivity index (χ2v) is 6.92. The summed E-state index contributed by atoms with van der Waals surface area (Å²) in [6, 6.07) is 7.46. The molecule has 2 aliphatic heterocycles. The van der Waals surface area contributed by atoms with E-state index in [1.807, 2.05) is 43.0 Å². The van der Waals surface area contributed by atoms with E-state index in [0.29, 0.717) is 11.5 Å². The summed E-state index contributed by atoms with van der Waals surface area (Å²) < 4.78 is 16.8. The molecule has 0 unspecified atom stereocenters. The zero-order chi connectivity index (χ0) is 18.1. The summed E-state index contributed by atoms with van der Waals surface area (Å²) in [4.78, 5) is 16.1. The molecule has 7 nitrogen and oxygen atoms in total. The highest BCUT2D eigenvalue weighted by molar-refractivity contribution is 5.82. The number of carbonyl (C=O) groups is 1. The monoisotopic (exact) mass is 358 g/mol. The van der Waals surface area contributed by atoms with Gasteiger partial charge in [0.05, 0.1) is 37.4 Å². The molecule has 0 aliphatic carbocycles. The predicted octanol–water partition coefficient (Wildman–Crippen LogP) is 0.359. The van der Waals surface area contributed by atoms with Crippen molar-refractivity contribution in [1.29, 1.82) is 0 Å². The lowest BCUT2D eigenvalue weighted by molar-refractivity contribution is -0.917. The van der Waals surface area contributed by atoms with Crippen molar-refractivity contribution in [3.8, 4) is 11.5 Å². The number of piperazine rings is 1. The molecule has 1 saturated heterocycles. The number of fused-ring (bicyclic) bond motifs is 1. The number of nitrogens with zero attached hydrogens (tertiary/aromatic N) is 2. The third-order valence-corrected chi connectivity index (χ3v) is 5.17. The molecule has 138 valence electrons. The van der Waals surface area contributed by atoms with Gasteiger partial charge in [0.1, 0.15) is 18.9 Å². The van der Waals surface area contributed by atoms with E-state index in [-0.39, 0.29) is 12.5 Å². The van der Waals surface area contributed by atoms with Gasteiger partial charge < -0.3 is 23.8 Å². The van der Waals surface area contributed by atoms with Gasteiger partial charge in [0.2, 0.25) is 6.10 Å². The molecule has 4 rings (SSSR count). The van der Waals surface area contributed by atoms with Crippen LogP contribution in [0.1, 0.15) is 17.0 Å². The predicted molar refractivity (Wildman–Crippen MR) is 93.3 cm³/mol. The summed E-state index contributed by atoms with van der Waals surface area (Å²) >= 11 is 0. The van der Waals surface area contributed by atoms with Crippen LogP contribution in [0.2, 0.25) is 0 Å². The number of ether oxygens (including phenoxy) is 2. The first kappa shape index (κ1) is 16.9. The lowest BCUT2D eigenvalue weighted by atomic mass is 10.1. The average molecular weight is 358 g/mol. The summed E-state index contributed by atoms with van der Waals surface area (Å²) in [5.74, 6) is 2.24. The fraction of sp³-hybridized carbons (Fsp3) is 0.474. The number of quaternary nitrogens is 1. The number of nitrogens with one attached hydrogen (secondary N) is 1. The molecule has 1 amide bonds. The number of carbonyl (C=O) groups excluding carboxylic acids is 1. The van der Waals surface area contributed by atoms with E-state index in [4.69, 9.17) is 14.0 Å². The Morgan fingerprint density at radius 3 is 2.65 bits per heavy atom. The molecule has 3 heterocycles. The van der Waals surface area contributed by atoms with E-state index in [0.717, 1.165) is 44.2 Å². The third kappa shape index (κ3) is 3.26. The minimum absolute atomic E-state index is 0.0101. The Labute approximate surface area is 152 Å². The van der Waals surface area contributed by atoms with E-state index < -0.39 is 6.10 Å². The molecule has 0 spiro atoms. The van der Waals surface area contributed by atoms with Crippen molar-refractivity contribution < 1.29 is 23.7 Å². The lowest BCUT2D eigenvalue weighted by Crippen LogP contribution is -3.13. The Bertz CT molecular complexity index is 776. The molecule has 7 heteroatoms. The lowest BCUT2D eigenvalue weighted by Gasteiger charge is -2.35. The standard InChI is InChI=1S/C19H23N3O4/c1-13-15(14(2)26-20-13)11-21-7-9-22(10-8-21)19(23)18-12-24-16-5-3-4-6-17(16)25-18/h3-6,18H,7-12H2,1-2H3/p+1/t18-/m1/s1. The van der Waals surface area contributed by atoms with Gasteiger partial charge in [-0.05, 0) is 26.0 Å². The van der Waals surface area contributed by atoms with Crippen molar-refractivity contribution >= 4 is 5.91 Å². The summed E-state index contributed by atoms with van der Waals surface area (Å²) in [5, 5.41) is 4.02. The van der Waals surface area contributed by atoms with Crippen molar-refractivity contribution in [2.24, 2.45) is 0 Å². The zero-order valence-corrected chi connectivity index (χ0v) is 15.2. The maximum atomic E-state index is 12.8. The van der Waals surface area contributed by atoms with Gasteiger partial charge in [0.15, 0.2) is 11.5 Å². The summed E-state index contributed by atoms with van der Waals surface area (Å²) in [6.45, 7) is 8.33.